The first-order chi connectivity index (χ1) is 13.3. The number of aliphatic hydroxyl groups is 1. The molecular formula is C17H15N2NaO6S3. The number of carbonyl (C=O) groups is 3. The predicted octanol–water partition coefficient (Wildman–Crippen LogP) is -1.94. The van der Waals surface area contributed by atoms with E-state index in [0.29, 0.717) is 20.3 Å². The first-order valence-electron chi connectivity index (χ1n) is 8.37. The second-order valence-electron chi connectivity index (χ2n) is 6.61. The summed E-state index contributed by atoms with van der Waals surface area (Å²) in [5.74, 6) is -3.23. The molecule has 1 N–H and O–H groups in total. The number of carboxylic acids is 1. The van der Waals surface area contributed by atoms with E-state index in [2.05, 4.69) is 4.98 Å². The van der Waals surface area contributed by atoms with Crippen LogP contribution in [0.2, 0.25) is 0 Å². The summed E-state index contributed by atoms with van der Waals surface area (Å²) < 4.78 is 6.15. The van der Waals surface area contributed by atoms with E-state index in [4.69, 9.17) is 4.74 Å². The third kappa shape index (κ3) is 3.46. The average Bonchev–Trinajstić information content (AvgIpc) is 3.26. The zero-order valence-electron chi connectivity index (χ0n) is 16.0. The van der Waals surface area contributed by atoms with Crippen molar-refractivity contribution in [1.29, 1.82) is 0 Å². The molecule has 4 rings (SSSR count). The Labute approximate surface area is 200 Å². The molecule has 1 amide bonds. The number of thiazole rings is 1. The van der Waals surface area contributed by atoms with Crippen LogP contribution in [-0.2, 0) is 14.3 Å². The molecule has 1 fully saturated rings. The Morgan fingerprint density at radius 1 is 1.45 bits per heavy atom. The molecule has 2 aromatic heterocycles. The van der Waals surface area contributed by atoms with Crippen molar-refractivity contribution in [3.8, 4) is 0 Å². The number of fused-ring (bicyclic) bond motifs is 2. The zero-order chi connectivity index (χ0) is 20.3. The maximum absolute atomic E-state index is 12.4. The molecule has 0 unspecified atom stereocenters. The Balaban J connectivity index is 0.00000240. The molecule has 0 saturated carbocycles. The fraction of sp³-hybridized carbons (Fsp3) is 0.412. The number of carboxylic acid groups (broad SMARTS) is 1. The summed E-state index contributed by atoms with van der Waals surface area (Å²) in [6.07, 6.45) is -0.864. The fourth-order valence-electron chi connectivity index (χ4n) is 3.75. The van der Waals surface area contributed by atoms with Gasteiger partial charge in [-0.25, -0.2) is 9.78 Å². The van der Waals surface area contributed by atoms with Crippen molar-refractivity contribution in [2.75, 3.05) is 7.11 Å². The third-order valence-corrected chi connectivity index (χ3v) is 8.52. The molecule has 0 aliphatic carbocycles. The number of rotatable bonds is 5. The fourth-order valence-corrected chi connectivity index (χ4v) is 7.34. The quantitative estimate of drug-likeness (QED) is 0.310. The largest absolute Gasteiger partial charge is 1.00 e. The number of nitrogens with zero attached hydrogens (tertiary/aromatic N) is 2. The van der Waals surface area contributed by atoms with Crippen molar-refractivity contribution >= 4 is 61.8 Å². The molecule has 0 radical (unpaired) electrons. The third-order valence-electron chi connectivity index (χ3n) is 5.02. The van der Waals surface area contributed by atoms with Gasteiger partial charge in [0.15, 0.2) is 4.34 Å². The van der Waals surface area contributed by atoms with Gasteiger partial charge in [-0.15, -0.1) is 11.3 Å². The van der Waals surface area contributed by atoms with Crippen molar-refractivity contribution < 1.29 is 58.9 Å². The molecule has 2 aliphatic rings. The molecular weight excluding hydrogens is 447 g/mol. The van der Waals surface area contributed by atoms with E-state index in [1.807, 2.05) is 6.92 Å². The molecule has 0 bridgehead atoms. The van der Waals surface area contributed by atoms with Gasteiger partial charge in [-0.05, 0) is 6.92 Å². The first kappa shape index (κ1) is 22.7. The van der Waals surface area contributed by atoms with Crippen molar-refractivity contribution in [3.63, 3.8) is 0 Å². The van der Waals surface area contributed by atoms with E-state index >= 15 is 0 Å². The van der Waals surface area contributed by atoms with Gasteiger partial charge in [0.25, 0.3) is 0 Å². The minimum absolute atomic E-state index is 0. The van der Waals surface area contributed by atoms with Gasteiger partial charge in [-0.3, -0.25) is 4.79 Å². The topological polar surface area (TPSA) is 120 Å². The molecule has 4 heterocycles. The molecule has 0 spiro atoms. The molecule has 8 nitrogen and oxygen atoms in total. The number of aliphatic hydroxyl groups excluding tert-OH is 1. The number of esters is 1. The minimum atomic E-state index is -1.43. The van der Waals surface area contributed by atoms with E-state index in [9.17, 15) is 24.6 Å². The summed E-state index contributed by atoms with van der Waals surface area (Å²) in [5.41, 5.74) is 0.732. The summed E-state index contributed by atoms with van der Waals surface area (Å²) in [4.78, 5) is 42.1. The summed E-state index contributed by atoms with van der Waals surface area (Å²) in [5, 5.41) is 23.3. The maximum atomic E-state index is 12.4. The van der Waals surface area contributed by atoms with Crippen LogP contribution in [-0.4, -0.2) is 52.1 Å². The second-order valence-corrected chi connectivity index (χ2v) is 10.0. The molecule has 0 aromatic carbocycles. The average molecular weight is 463 g/mol. The Bertz CT molecular complexity index is 1050. The number of ether oxygens (including phenoxy) is 1. The molecule has 1 saturated heterocycles. The molecule has 2 aliphatic heterocycles. The van der Waals surface area contributed by atoms with Crippen LogP contribution < -0.4 is 34.7 Å². The monoisotopic (exact) mass is 462 g/mol. The van der Waals surface area contributed by atoms with Gasteiger partial charge in [0.1, 0.15) is 9.53 Å². The van der Waals surface area contributed by atoms with E-state index in [0.717, 1.165) is 15.8 Å². The standard InChI is InChI=1S/C17H16N2O6S3.Na/c1-5-10-8(6(2)20)13(21)19(10)11(14(22)23)12(5)27-17-18-9-7(15(24)25-3)4-26-16(9)28-17;/h4-6,8,10,20H,1-3H3,(H,22,23);/q;+1/p-1/t5-,6-,8-,10-;/m1./s1. The van der Waals surface area contributed by atoms with Crippen molar-refractivity contribution in [2.45, 2.75) is 30.3 Å². The Hall–Kier alpha value is -0.950. The van der Waals surface area contributed by atoms with Crippen LogP contribution in [0.15, 0.2) is 20.3 Å². The Morgan fingerprint density at radius 2 is 2.14 bits per heavy atom. The summed E-state index contributed by atoms with van der Waals surface area (Å²) in [6, 6.07) is -0.408. The van der Waals surface area contributed by atoms with E-state index in [-0.39, 0.29) is 41.2 Å². The maximum Gasteiger partial charge on any atom is 1.00 e. The number of thioether (sulfide) groups is 1. The predicted molar refractivity (Wildman–Crippen MR) is 102 cm³/mol. The number of carbonyl (C=O) groups excluding carboxylic acids is 3. The minimum Gasteiger partial charge on any atom is -0.543 e. The summed E-state index contributed by atoms with van der Waals surface area (Å²) >= 11 is 3.87. The van der Waals surface area contributed by atoms with Crippen LogP contribution in [0.1, 0.15) is 24.2 Å². The van der Waals surface area contributed by atoms with E-state index in [1.165, 1.54) is 41.6 Å². The first-order valence-corrected chi connectivity index (χ1v) is 10.9. The molecule has 12 heteroatoms. The number of amides is 1. The van der Waals surface area contributed by atoms with Crippen LogP contribution in [0.25, 0.3) is 9.53 Å². The van der Waals surface area contributed by atoms with E-state index in [1.54, 1.807) is 5.38 Å². The second kappa shape index (κ2) is 8.29. The number of aliphatic carboxylic acids is 1. The van der Waals surface area contributed by atoms with E-state index < -0.39 is 35.9 Å². The van der Waals surface area contributed by atoms with Crippen molar-refractivity contribution in [3.05, 3.63) is 21.5 Å². The van der Waals surface area contributed by atoms with Gasteiger partial charge in [0.2, 0.25) is 5.91 Å². The van der Waals surface area contributed by atoms with Crippen LogP contribution >= 0.6 is 34.4 Å². The smallest absolute Gasteiger partial charge is 0.543 e. The normalized spacial score (nSPS) is 24.2. The number of aromatic nitrogens is 1. The number of hydrogen-bond acceptors (Lipinski definition) is 10. The molecule has 2 aromatic rings. The Kier molecular flexibility index (Phi) is 6.50. The van der Waals surface area contributed by atoms with Crippen LogP contribution in [0.4, 0.5) is 0 Å². The van der Waals surface area contributed by atoms with Gasteiger partial charge in [0, 0.05) is 16.2 Å². The van der Waals surface area contributed by atoms with Gasteiger partial charge in [0.05, 0.1) is 42.4 Å². The van der Waals surface area contributed by atoms with Crippen molar-refractivity contribution in [2.24, 2.45) is 11.8 Å². The number of hydrogen-bond donors (Lipinski definition) is 1. The number of thiophene rings is 1. The van der Waals surface area contributed by atoms with Gasteiger partial charge in [-0.2, -0.15) is 0 Å². The van der Waals surface area contributed by atoms with Crippen LogP contribution in [0.5, 0.6) is 0 Å². The van der Waals surface area contributed by atoms with Crippen LogP contribution in [0.3, 0.4) is 0 Å². The zero-order valence-corrected chi connectivity index (χ0v) is 20.4. The number of methoxy groups -OCH3 is 1. The number of β-lactam (4-membered cyclic amide) rings is 1. The van der Waals surface area contributed by atoms with Gasteiger partial charge < -0.3 is 24.6 Å². The molecule has 148 valence electrons. The van der Waals surface area contributed by atoms with Gasteiger partial charge >= 0.3 is 35.5 Å². The van der Waals surface area contributed by atoms with Crippen molar-refractivity contribution in [1.82, 2.24) is 9.88 Å². The summed E-state index contributed by atoms with van der Waals surface area (Å²) in [7, 11) is 1.30. The van der Waals surface area contributed by atoms with Gasteiger partial charge in [-0.1, -0.05) is 30.0 Å². The Morgan fingerprint density at radius 3 is 2.72 bits per heavy atom. The molecule has 4 atom stereocenters. The van der Waals surface area contributed by atoms with Crippen LogP contribution in [0, 0.1) is 11.8 Å². The SMILES string of the molecule is COC(=O)c1csc2sc(SC3=C(C(=O)[O-])N4C(=O)[C@H]([C@@H](C)O)[C@H]4[C@H]3C)nc12.[Na+]. The summed E-state index contributed by atoms with van der Waals surface area (Å²) in [6.45, 7) is 3.35. The molecule has 29 heavy (non-hydrogen) atoms.